The average Bonchev–Trinajstić information content (AvgIpc) is 2.71. The molecule has 2 heterocycles. The van der Waals surface area contributed by atoms with Crippen molar-refractivity contribution in [1.82, 2.24) is 9.88 Å². The van der Waals surface area contributed by atoms with Crippen LogP contribution in [0.5, 0.6) is 0 Å². The third-order valence-corrected chi connectivity index (χ3v) is 3.49. The second-order valence-electron chi connectivity index (χ2n) is 4.76. The minimum Gasteiger partial charge on any atom is -0.394 e. The summed E-state index contributed by atoms with van der Waals surface area (Å²) in [6.07, 6.45) is 5.51. The summed E-state index contributed by atoms with van der Waals surface area (Å²) in [6, 6.07) is 3.22. The number of hydrazine groups is 1. The molecule has 19 heavy (non-hydrogen) atoms. The molecule has 2 rings (SSSR count). The highest BCUT2D eigenvalue weighted by molar-refractivity contribution is 5.93. The molecular weight excluding hydrogens is 244 g/mol. The van der Waals surface area contributed by atoms with Crippen molar-refractivity contribution in [3.05, 3.63) is 24.0 Å². The van der Waals surface area contributed by atoms with Crippen molar-refractivity contribution in [2.24, 2.45) is 5.84 Å². The molecule has 104 valence electrons. The van der Waals surface area contributed by atoms with E-state index in [2.05, 4.69) is 10.4 Å². The van der Waals surface area contributed by atoms with Gasteiger partial charge in [0.2, 0.25) is 0 Å². The lowest BCUT2D eigenvalue weighted by Gasteiger charge is -2.28. The van der Waals surface area contributed by atoms with Crippen molar-refractivity contribution in [1.29, 1.82) is 0 Å². The van der Waals surface area contributed by atoms with Gasteiger partial charge in [0.15, 0.2) is 0 Å². The number of amides is 1. The molecule has 1 aromatic rings. The number of aromatic nitrogens is 1. The number of pyridine rings is 1. The number of rotatable bonds is 3. The minimum atomic E-state index is -0.141. The largest absolute Gasteiger partial charge is 0.394 e. The van der Waals surface area contributed by atoms with Gasteiger partial charge in [-0.3, -0.25) is 15.6 Å². The van der Waals surface area contributed by atoms with Crippen LogP contribution in [0.15, 0.2) is 18.3 Å². The Bertz CT molecular complexity index is 438. The van der Waals surface area contributed by atoms with Crippen molar-refractivity contribution in [3.8, 4) is 0 Å². The van der Waals surface area contributed by atoms with Crippen LogP contribution in [-0.4, -0.2) is 40.1 Å². The minimum absolute atomic E-state index is 0.000565. The molecular formula is C13H20N4O2. The molecule has 4 N–H and O–H groups in total. The number of aliphatic hydroxyl groups is 1. The van der Waals surface area contributed by atoms with E-state index in [0.29, 0.717) is 17.9 Å². The molecule has 1 fully saturated rings. The van der Waals surface area contributed by atoms with Crippen molar-refractivity contribution in [2.45, 2.75) is 31.7 Å². The molecule has 1 atom stereocenters. The zero-order valence-corrected chi connectivity index (χ0v) is 10.9. The second-order valence-corrected chi connectivity index (χ2v) is 4.76. The number of carbonyl (C=O) groups is 1. The van der Waals surface area contributed by atoms with Gasteiger partial charge in [0.05, 0.1) is 18.3 Å². The summed E-state index contributed by atoms with van der Waals surface area (Å²) in [5.74, 6) is 5.19. The first kappa shape index (κ1) is 13.8. The molecule has 6 nitrogen and oxygen atoms in total. The van der Waals surface area contributed by atoms with Gasteiger partial charge in [0.1, 0.15) is 5.69 Å². The van der Waals surface area contributed by atoms with Crippen LogP contribution in [0.2, 0.25) is 0 Å². The first-order valence-corrected chi connectivity index (χ1v) is 6.60. The summed E-state index contributed by atoms with van der Waals surface area (Å²) in [6.45, 7) is 0.673. The highest BCUT2D eigenvalue weighted by Crippen LogP contribution is 2.19. The Morgan fingerprint density at radius 1 is 1.53 bits per heavy atom. The van der Waals surface area contributed by atoms with E-state index in [1.807, 2.05) is 0 Å². The normalized spacial score (nSPS) is 19.9. The highest BCUT2D eigenvalue weighted by atomic mass is 16.3. The van der Waals surface area contributed by atoms with Crippen molar-refractivity contribution < 1.29 is 9.90 Å². The van der Waals surface area contributed by atoms with Gasteiger partial charge < -0.3 is 15.4 Å². The van der Waals surface area contributed by atoms with Crippen molar-refractivity contribution >= 4 is 11.6 Å². The first-order chi connectivity index (χ1) is 9.26. The Balaban J connectivity index is 2.20. The standard InChI is InChI=1S/C13H20N4O2/c14-16-10-5-6-15-12(8-10)13(19)17-7-3-1-2-4-11(17)9-18/h5-6,8,11,18H,1-4,7,9,14H2,(H,15,16). The van der Waals surface area contributed by atoms with Crippen molar-refractivity contribution in [2.75, 3.05) is 18.6 Å². The molecule has 0 radical (unpaired) electrons. The maximum atomic E-state index is 12.5. The summed E-state index contributed by atoms with van der Waals surface area (Å²) in [5.41, 5.74) is 3.51. The maximum Gasteiger partial charge on any atom is 0.272 e. The Morgan fingerprint density at radius 3 is 3.11 bits per heavy atom. The number of nitrogens with two attached hydrogens (primary N) is 1. The highest BCUT2D eigenvalue weighted by Gasteiger charge is 2.26. The number of nitrogens with zero attached hydrogens (tertiary/aromatic N) is 2. The third kappa shape index (κ3) is 3.21. The Kier molecular flexibility index (Phi) is 4.70. The fourth-order valence-corrected chi connectivity index (χ4v) is 2.42. The van der Waals surface area contributed by atoms with E-state index in [1.165, 1.54) is 0 Å². The van der Waals surface area contributed by atoms with Crippen LogP contribution in [0, 0.1) is 0 Å². The number of nitrogens with one attached hydrogen (secondary N) is 1. The number of hydrogen-bond acceptors (Lipinski definition) is 5. The molecule has 0 aliphatic carbocycles. The van der Waals surface area contributed by atoms with E-state index in [4.69, 9.17) is 5.84 Å². The SMILES string of the molecule is NNc1ccnc(C(=O)N2CCCCCC2CO)c1. The van der Waals surface area contributed by atoms with Crippen LogP contribution in [0.3, 0.4) is 0 Å². The van der Waals surface area contributed by atoms with E-state index in [9.17, 15) is 9.90 Å². The van der Waals surface area contributed by atoms with Crippen LogP contribution in [-0.2, 0) is 0 Å². The molecule has 0 aromatic carbocycles. The average molecular weight is 264 g/mol. The summed E-state index contributed by atoms with van der Waals surface area (Å²) < 4.78 is 0. The monoisotopic (exact) mass is 264 g/mol. The first-order valence-electron chi connectivity index (χ1n) is 6.60. The summed E-state index contributed by atoms with van der Waals surface area (Å²) in [4.78, 5) is 18.3. The van der Waals surface area contributed by atoms with E-state index in [-0.39, 0.29) is 18.6 Å². The lowest BCUT2D eigenvalue weighted by Crippen LogP contribution is -2.42. The van der Waals surface area contributed by atoms with E-state index in [1.54, 1.807) is 23.2 Å². The van der Waals surface area contributed by atoms with Crippen LogP contribution < -0.4 is 11.3 Å². The smallest absolute Gasteiger partial charge is 0.272 e. The summed E-state index contributed by atoms with van der Waals surface area (Å²) in [5, 5.41) is 9.44. The second kappa shape index (κ2) is 6.49. The van der Waals surface area contributed by atoms with Crippen LogP contribution in [0.25, 0.3) is 0 Å². The Morgan fingerprint density at radius 2 is 2.37 bits per heavy atom. The number of likely N-dealkylation sites (tertiary alicyclic amines) is 1. The lowest BCUT2D eigenvalue weighted by atomic mass is 10.1. The number of aliphatic hydroxyl groups excluding tert-OH is 1. The molecule has 0 spiro atoms. The fourth-order valence-electron chi connectivity index (χ4n) is 2.42. The Labute approximate surface area is 112 Å². The number of hydrogen-bond donors (Lipinski definition) is 3. The van der Waals surface area contributed by atoms with Gasteiger partial charge >= 0.3 is 0 Å². The van der Waals surface area contributed by atoms with Crippen LogP contribution >= 0.6 is 0 Å². The van der Waals surface area contributed by atoms with Gasteiger partial charge in [0.25, 0.3) is 5.91 Å². The van der Waals surface area contributed by atoms with E-state index < -0.39 is 0 Å². The molecule has 6 heteroatoms. The molecule has 0 bridgehead atoms. The summed E-state index contributed by atoms with van der Waals surface area (Å²) >= 11 is 0. The van der Waals surface area contributed by atoms with Gasteiger partial charge in [-0.25, -0.2) is 0 Å². The predicted octanol–water partition coefficient (Wildman–Crippen LogP) is 0.744. The molecule has 1 aromatic heterocycles. The van der Waals surface area contributed by atoms with Gasteiger partial charge in [-0.1, -0.05) is 12.8 Å². The zero-order chi connectivity index (χ0) is 13.7. The molecule has 1 aliphatic rings. The third-order valence-electron chi connectivity index (χ3n) is 3.49. The van der Waals surface area contributed by atoms with Crippen LogP contribution in [0.1, 0.15) is 36.2 Å². The fraction of sp³-hybridized carbons (Fsp3) is 0.538. The number of carbonyl (C=O) groups excluding carboxylic acids is 1. The van der Waals surface area contributed by atoms with Gasteiger partial charge in [-0.2, -0.15) is 0 Å². The van der Waals surface area contributed by atoms with Crippen molar-refractivity contribution in [3.63, 3.8) is 0 Å². The van der Waals surface area contributed by atoms with Gasteiger partial charge in [0, 0.05) is 12.7 Å². The maximum absolute atomic E-state index is 12.5. The molecule has 1 amide bonds. The molecule has 1 aliphatic heterocycles. The van der Waals surface area contributed by atoms with Crippen LogP contribution in [0.4, 0.5) is 5.69 Å². The Hall–Kier alpha value is -1.66. The van der Waals surface area contributed by atoms with E-state index in [0.717, 1.165) is 25.7 Å². The van der Waals surface area contributed by atoms with E-state index >= 15 is 0 Å². The number of nitrogen functional groups attached to an aromatic ring is 1. The van der Waals surface area contributed by atoms with Gasteiger partial charge in [-0.15, -0.1) is 0 Å². The summed E-state index contributed by atoms with van der Waals surface area (Å²) in [7, 11) is 0. The molecule has 1 saturated heterocycles. The predicted molar refractivity (Wildman–Crippen MR) is 72.4 cm³/mol. The zero-order valence-electron chi connectivity index (χ0n) is 10.9. The topological polar surface area (TPSA) is 91.5 Å². The lowest BCUT2D eigenvalue weighted by molar-refractivity contribution is 0.0594. The molecule has 0 saturated carbocycles. The quantitative estimate of drug-likeness (QED) is 0.553. The van der Waals surface area contributed by atoms with Gasteiger partial charge in [-0.05, 0) is 25.0 Å². The molecule has 1 unspecified atom stereocenters. The number of anilines is 1.